The number of carboxylic acids is 1. The number of methoxy groups -OCH3 is 1. The molecule has 2 aromatic rings. The Morgan fingerprint density at radius 3 is 2.20 bits per heavy atom. The lowest BCUT2D eigenvalue weighted by molar-refractivity contribution is -0.145. The third kappa shape index (κ3) is 5.08. The first kappa shape index (κ1) is 18.5. The van der Waals surface area contributed by atoms with Gasteiger partial charge in [0, 0.05) is 11.6 Å². The van der Waals surface area contributed by atoms with Gasteiger partial charge >= 0.3 is 5.97 Å². The van der Waals surface area contributed by atoms with Gasteiger partial charge in [0.2, 0.25) is 5.91 Å². The number of hydrogen-bond donors (Lipinski definition) is 2. The zero-order valence-corrected chi connectivity index (χ0v) is 14.7. The van der Waals surface area contributed by atoms with Crippen molar-refractivity contribution in [2.24, 2.45) is 11.8 Å². The highest BCUT2D eigenvalue weighted by Crippen LogP contribution is 2.22. The predicted molar refractivity (Wildman–Crippen MR) is 96.8 cm³/mol. The van der Waals surface area contributed by atoms with Crippen molar-refractivity contribution in [3.05, 3.63) is 59.7 Å². The second kappa shape index (κ2) is 8.33. The Hall–Kier alpha value is -2.82. The number of aliphatic carboxylic acids is 1. The largest absolute Gasteiger partial charge is 0.497 e. The Bertz CT molecular complexity index is 722. The summed E-state index contributed by atoms with van der Waals surface area (Å²) < 4.78 is 5.08. The van der Waals surface area contributed by atoms with Crippen LogP contribution in [0.25, 0.3) is 0 Å². The van der Waals surface area contributed by atoms with Crippen LogP contribution >= 0.6 is 0 Å². The van der Waals surface area contributed by atoms with E-state index in [2.05, 4.69) is 5.32 Å². The third-order valence-corrected chi connectivity index (χ3v) is 4.27. The smallest absolute Gasteiger partial charge is 0.307 e. The number of carbonyl (C=O) groups is 2. The summed E-state index contributed by atoms with van der Waals surface area (Å²) >= 11 is 0. The molecule has 2 N–H and O–H groups in total. The van der Waals surface area contributed by atoms with E-state index in [0.717, 1.165) is 11.1 Å². The molecule has 132 valence electrons. The van der Waals surface area contributed by atoms with Gasteiger partial charge in [-0.2, -0.15) is 0 Å². The van der Waals surface area contributed by atoms with Gasteiger partial charge < -0.3 is 15.2 Å². The summed E-state index contributed by atoms with van der Waals surface area (Å²) in [6.45, 7) is 3.62. The summed E-state index contributed by atoms with van der Waals surface area (Å²) in [5.41, 5.74) is 2.63. The molecular weight excluding hydrogens is 318 g/mol. The van der Waals surface area contributed by atoms with E-state index >= 15 is 0 Å². The minimum Gasteiger partial charge on any atom is -0.497 e. The number of carbonyl (C=O) groups excluding carboxylic acids is 1. The van der Waals surface area contributed by atoms with E-state index < -0.39 is 17.8 Å². The average molecular weight is 341 g/mol. The van der Waals surface area contributed by atoms with E-state index in [-0.39, 0.29) is 5.91 Å². The van der Waals surface area contributed by atoms with Crippen LogP contribution in [0.4, 0.5) is 5.69 Å². The molecule has 0 aliphatic heterocycles. The minimum atomic E-state index is -0.974. The Balaban J connectivity index is 2.07. The summed E-state index contributed by atoms with van der Waals surface area (Å²) in [5, 5.41) is 12.3. The van der Waals surface area contributed by atoms with Crippen molar-refractivity contribution in [2.45, 2.75) is 20.3 Å². The van der Waals surface area contributed by atoms with Crippen molar-refractivity contribution in [3.63, 3.8) is 0 Å². The van der Waals surface area contributed by atoms with E-state index in [0.29, 0.717) is 17.9 Å². The van der Waals surface area contributed by atoms with Crippen molar-refractivity contribution in [3.8, 4) is 5.75 Å². The van der Waals surface area contributed by atoms with E-state index in [9.17, 15) is 14.7 Å². The van der Waals surface area contributed by atoms with Crippen LogP contribution < -0.4 is 10.1 Å². The fourth-order valence-corrected chi connectivity index (χ4v) is 2.57. The number of hydrogen-bond acceptors (Lipinski definition) is 3. The van der Waals surface area contributed by atoms with Crippen LogP contribution in [-0.2, 0) is 16.0 Å². The molecule has 2 rings (SSSR count). The van der Waals surface area contributed by atoms with Crippen molar-refractivity contribution in [2.75, 3.05) is 12.4 Å². The SMILES string of the molecule is COc1ccc(NC(=O)[C@@H](C)[C@H](Cc2ccc(C)cc2)C(=O)O)cc1. The number of rotatable bonds is 7. The number of anilines is 1. The van der Waals surface area contributed by atoms with E-state index in [1.807, 2.05) is 31.2 Å². The molecule has 25 heavy (non-hydrogen) atoms. The summed E-state index contributed by atoms with van der Waals surface area (Å²) in [7, 11) is 1.57. The Morgan fingerprint density at radius 2 is 1.68 bits per heavy atom. The zero-order valence-electron chi connectivity index (χ0n) is 14.7. The number of amides is 1. The molecular formula is C20H23NO4. The van der Waals surface area contributed by atoms with Gasteiger partial charge in [-0.05, 0) is 43.2 Å². The average Bonchev–Trinajstić information content (AvgIpc) is 2.61. The van der Waals surface area contributed by atoms with Gasteiger partial charge in [0.05, 0.1) is 13.0 Å². The van der Waals surface area contributed by atoms with Crippen molar-refractivity contribution in [1.82, 2.24) is 0 Å². The lowest BCUT2D eigenvalue weighted by Gasteiger charge is -2.20. The zero-order chi connectivity index (χ0) is 18.4. The molecule has 5 heteroatoms. The maximum absolute atomic E-state index is 12.5. The van der Waals surface area contributed by atoms with Gasteiger partial charge in [0.25, 0.3) is 0 Å². The summed E-state index contributed by atoms with van der Waals surface area (Å²) in [5.74, 6) is -2.06. The van der Waals surface area contributed by atoms with Crippen LogP contribution in [0.3, 0.4) is 0 Å². The molecule has 0 saturated heterocycles. The molecule has 1 amide bonds. The van der Waals surface area contributed by atoms with Crippen molar-refractivity contribution < 1.29 is 19.4 Å². The molecule has 0 aromatic heterocycles. The van der Waals surface area contributed by atoms with Crippen molar-refractivity contribution >= 4 is 17.6 Å². The lowest BCUT2D eigenvalue weighted by atomic mass is 9.87. The van der Waals surface area contributed by atoms with Gasteiger partial charge in [0.1, 0.15) is 5.75 Å². The number of benzene rings is 2. The fourth-order valence-electron chi connectivity index (χ4n) is 2.57. The summed E-state index contributed by atoms with van der Waals surface area (Å²) in [6.07, 6.45) is 0.312. The Morgan fingerprint density at radius 1 is 1.08 bits per heavy atom. The van der Waals surface area contributed by atoms with Gasteiger partial charge in [-0.1, -0.05) is 36.8 Å². The third-order valence-electron chi connectivity index (χ3n) is 4.27. The highest BCUT2D eigenvalue weighted by molar-refractivity contribution is 5.94. The molecule has 0 spiro atoms. The van der Waals surface area contributed by atoms with Crippen molar-refractivity contribution in [1.29, 1.82) is 0 Å². The Labute approximate surface area is 147 Å². The minimum absolute atomic E-state index is 0.312. The second-order valence-electron chi connectivity index (χ2n) is 6.14. The molecule has 0 saturated carbocycles. The first-order valence-corrected chi connectivity index (χ1v) is 8.14. The first-order chi connectivity index (χ1) is 11.9. The standard InChI is InChI=1S/C20H23NO4/c1-13-4-6-15(7-5-13)12-18(20(23)24)14(2)19(22)21-16-8-10-17(25-3)11-9-16/h4-11,14,18H,12H2,1-3H3,(H,21,22)(H,23,24)/t14-,18-/m0/s1. The number of aryl methyl sites for hydroxylation is 1. The quantitative estimate of drug-likeness (QED) is 0.808. The second-order valence-corrected chi connectivity index (χ2v) is 6.14. The summed E-state index contributed by atoms with van der Waals surface area (Å²) in [6, 6.07) is 14.6. The van der Waals surface area contributed by atoms with Crippen LogP contribution in [0.2, 0.25) is 0 Å². The molecule has 0 heterocycles. The van der Waals surface area contributed by atoms with E-state index in [1.165, 1.54) is 0 Å². The van der Waals surface area contributed by atoms with Gasteiger partial charge in [0.15, 0.2) is 0 Å². The monoisotopic (exact) mass is 341 g/mol. The number of carboxylic acid groups (broad SMARTS) is 1. The van der Waals surface area contributed by atoms with E-state index in [1.54, 1.807) is 38.3 Å². The van der Waals surface area contributed by atoms with Gasteiger partial charge in [-0.15, -0.1) is 0 Å². The van der Waals surface area contributed by atoms with Crippen LogP contribution in [-0.4, -0.2) is 24.1 Å². The normalized spacial score (nSPS) is 12.9. The van der Waals surface area contributed by atoms with Crippen LogP contribution in [0, 0.1) is 18.8 Å². The van der Waals surface area contributed by atoms with Crippen LogP contribution in [0.5, 0.6) is 5.75 Å². The maximum Gasteiger partial charge on any atom is 0.307 e. The maximum atomic E-state index is 12.5. The Kier molecular flexibility index (Phi) is 6.17. The van der Waals surface area contributed by atoms with Crippen LogP contribution in [0.1, 0.15) is 18.1 Å². The molecule has 0 radical (unpaired) electrons. The molecule has 0 aliphatic carbocycles. The fraction of sp³-hybridized carbons (Fsp3) is 0.300. The van der Waals surface area contributed by atoms with Gasteiger partial charge in [-0.3, -0.25) is 9.59 Å². The molecule has 0 unspecified atom stereocenters. The molecule has 2 atom stereocenters. The molecule has 0 fully saturated rings. The number of nitrogens with one attached hydrogen (secondary N) is 1. The highest BCUT2D eigenvalue weighted by Gasteiger charge is 2.30. The van der Waals surface area contributed by atoms with Crippen LogP contribution in [0.15, 0.2) is 48.5 Å². The molecule has 0 bridgehead atoms. The molecule has 0 aliphatic rings. The lowest BCUT2D eigenvalue weighted by Crippen LogP contribution is -2.33. The summed E-state index contributed by atoms with van der Waals surface area (Å²) in [4.78, 5) is 24.1. The topological polar surface area (TPSA) is 75.6 Å². The molecule has 2 aromatic carbocycles. The molecule has 5 nitrogen and oxygen atoms in total. The van der Waals surface area contributed by atoms with E-state index in [4.69, 9.17) is 4.74 Å². The van der Waals surface area contributed by atoms with Gasteiger partial charge in [-0.25, -0.2) is 0 Å². The first-order valence-electron chi connectivity index (χ1n) is 8.14. The number of ether oxygens (including phenoxy) is 1. The highest BCUT2D eigenvalue weighted by atomic mass is 16.5. The predicted octanol–water partition coefficient (Wildman–Crippen LogP) is 3.52.